The minimum absolute atomic E-state index is 1.29. The van der Waals surface area contributed by atoms with Crippen molar-refractivity contribution in [1.82, 2.24) is 0 Å². The molecular formula is C25H18. The normalized spacial score (nSPS) is 11.4. The van der Waals surface area contributed by atoms with Gasteiger partial charge in [-0.1, -0.05) is 90.5 Å². The third-order valence-electron chi connectivity index (χ3n) is 5.08. The molecule has 0 fully saturated rings. The zero-order chi connectivity index (χ0) is 16.8. The Balaban J connectivity index is 2.02. The molecule has 0 unspecified atom stereocenters. The maximum atomic E-state index is 2.31. The van der Waals surface area contributed by atoms with Gasteiger partial charge in [0.1, 0.15) is 0 Å². The molecule has 0 saturated carbocycles. The Hall–Kier alpha value is -3.12. The van der Waals surface area contributed by atoms with E-state index in [4.69, 9.17) is 0 Å². The van der Waals surface area contributed by atoms with E-state index in [0.717, 1.165) is 0 Å². The van der Waals surface area contributed by atoms with E-state index in [1.165, 1.54) is 49.0 Å². The van der Waals surface area contributed by atoms with Crippen LogP contribution in [-0.4, -0.2) is 0 Å². The summed E-state index contributed by atoms with van der Waals surface area (Å²) < 4.78 is 0. The van der Waals surface area contributed by atoms with E-state index >= 15 is 0 Å². The third kappa shape index (κ3) is 2.22. The standard InChI is InChI=1S/C25H18/c1-17-13-14-23-20(15-17)16-19-8-3-5-11-22(19)25(23)24-12-6-9-18-7-2-4-10-21(18)24/h2-16H,1H3. The first kappa shape index (κ1) is 14.2. The molecule has 0 N–H and O–H groups in total. The van der Waals surface area contributed by atoms with Gasteiger partial charge in [-0.05, 0) is 56.4 Å². The molecule has 0 heterocycles. The molecule has 0 aromatic heterocycles. The van der Waals surface area contributed by atoms with Crippen molar-refractivity contribution in [3.63, 3.8) is 0 Å². The average molecular weight is 318 g/mol. The van der Waals surface area contributed by atoms with Crippen molar-refractivity contribution < 1.29 is 0 Å². The van der Waals surface area contributed by atoms with Gasteiger partial charge in [-0.2, -0.15) is 0 Å². The molecule has 5 aromatic carbocycles. The van der Waals surface area contributed by atoms with Crippen LogP contribution in [0.1, 0.15) is 5.56 Å². The Bertz CT molecular complexity index is 1240. The molecule has 5 rings (SSSR count). The maximum Gasteiger partial charge on any atom is -0.00206 e. The van der Waals surface area contributed by atoms with Gasteiger partial charge in [0, 0.05) is 0 Å². The molecule has 5 aromatic rings. The van der Waals surface area contributed by atoms with Crippen LogP contribution in [0.2, 0.25) is 0 Å². The molecular weight excluding hydrogens is 300 g/mol. The highest BCUT2D eigenvalue weighted by molar-refractivity contribution is 6.16. The van der Waals surface area contributed by atoms with Crippen molar-refractivity contribution in [3.05, 3.63) is 96.6 Å². The first-order valence-corrected chi connectivity index (χ1v) is 8.71. The van der Waals surface area contributed by atoms with Gasteiger partial charge < -0.3 is 0 Å². The first-order valence-electron chi connectivity index (χ1n) is 8.71. The van der Waals surface area contributed by atoms with Crippen LogP contribution in [0.4, 0.5) is 0 Å². The van der Waals surface area contributed by atoms with Crippen molar-refractivity contribution in [2.24, 2.45) is 0 Å². The molecule has 25 heavy (non-hydrogen) atoms. The second kappa shape index (κ2) is 5.46. The number of benzene rings is 5. The molecule has 0 aliphatic heterocycles. The molecule has 0 bridgehead atoms. The van der Waals surface area contributed by atoms with Crippen LogP contribution in [0, 0.1) is 6.92 Å². The molecule has 0 aliphatic rings. The fourth-order valence-corrected chi connectivity index (χ4v) is 3.93. The van der Waals surface area contributed by atoms with Gasteiger partial charge in [-0.3, -0.25) is 0 Å². The number of fused-ring (bicyclic) bond motifs is 3. The number of aryl methyl sites for hydroxylation is 1. The number of hydrogen-bond acceptors (Lipinski definition) is 0. The maximum absolute atomic E-state index is 2.31. The molecule has 0 radical (unpaired) electrons. The van der Waals surface area contributed by atoms with Crippen LogP contribution in [0.15, 0.2) is 91.0 Å². The van der Waals surface area contributed by atoms with Gasteiger partial charge in [0.15, 0.2) is 0 Å². The molecule has 0 spiro atoms. The van der Waals surface area contributed by atoms with E-state index in [9.17, 15) is 0 Å². The summed E-state index contributed by atoms with van der Waals surface area (Å²) in [4.78, 5) is 0. The Morgan fingerprint density at radius 2 is 1.16 bits per heavy atom. The van der Waals surface area contributed by atoms with Gasteiger partial charge in [-0.25, -0.2) is 0 Å². The zero-order valence-corrected chi connectivity index (χ0v) is 14.2. The largest absolute Gasteiger partial charge is 0.0616 e. The van der Waals surface area contributed by atoms with Gasteiger partial charge in [0.25, 0.3) is 0 Å². The highest BCUT2D eigenvalue weighted by atomic mass is 14.2. The predicted octanol–water partition coefficient (Wildman–Crippen LogP) is 7.12. The SMILES string of the molecule is Cc1ccc2c(-c3cccc4ccccc34)c3ccccc3cc2c1. The lowest BCUT2D eigenvalue weighted by Gasteiger charge is -2.14. The summed E-state index contributed by atoms with van der Waals surface area (Å²) in [5.74, 6) is 0. The fraction of sp³-hybridized carbons (Fsp3) is 0.0400. The summed E-state index contributed by atoms with van der Waals surface area (Å²) in [5.41, 5.74) is 3.94. The smallest absolute Gasteiger partial charge is 0.00206 e. The summed E-state index contributed by atoms with van der Waals surface area (Å²) in [6.07, 6.45) is 0. The van der Waals surface area contributed by atoms with Crippen LogP contribution < -0.4 is 0 Å². The highest BCUT2D eigenvalue weighted by Crippen LogP contribution is 2.39. The Morgan fingerprint density at radius 1 is 0.480 bits per heavy atom. The lowest BCUT2D eigenvalue weighted by Crippen LogP contribution is -1.88. The number of rotatable bonds is 1. The number of hydrogen-bond donors (Lipinski definition) is 0. The van der Waals surface area contributed by atoms with E-state index in [2.05, 4.69) is 97.9 Å². The van der Waals surface area contributed by atoms with E-state index in [1.54, 1.807) is 0 Å². The lowest BCUT2D eigenvalue weighted by molar-refractivity contribution is 1.51. The summed E-state index contributed by atoms with van der Waals surface area (Å²) in [5, 5.41) is 7.83. The summed E-state index contributed by atoms with van der Waals surface area (Å²) in [6, 6.07) is 33.1. The van der Waals surface area contributed by atoms with E-state index < -0.39 is 0 Å². The van der Waals surface area contributed by atoms with Crippen molar-refractivity contribution in [2.75, 3.05) is 0 Å². The molecule has 118 valence electrons. The van der Waals surface area contributed by atoms with Gasteiger partial charge >= 0.3 is 0 Å². The fourth-order valence-electron chi connectivity index (χ4n) is 3.93. The minimum atomic E-state index is 1.29. The monoisotopic (exact) mass is 318 g/mol. The minimum Gasteiger partial charge on any atom is -0.0616 e. The molecule has 0 aliphatic carbocycles. The van der Waals surface area contributed by atoms with Crippen molar-refractivity contribution >= 4 is 32.3 Å². The van der Waals surface area contributed by atoms with E-state index in [0.29, 0.717) is 0 Å². The van der Waals surface area contributed by atoms with Crippen LogP contribution in [0.5, 0.6) is 0 Å². The van der Waals surface area contributed by atoms with Crippen LogP contribution in [0.3, 0.4) is 0 Å². The Morgan fingerprint density at radius 3 is 2.04 bits per heavy atom. The van der Waals surface area contributed by atoms with E-state index in [-0.39, 0.29) is 0 Å². The summed E-state index contributed by atoms with van der Waals surface area (Å²) in [7, 11) is 0. The van der Waals surface area contributed by atoms with E-state index in [1.807, 2.05) is 0 Å². The van der Waals surface area contributed by atoms with Crippen molar-refractivity contribution in [2.45, 2.75) is 6.92 Å². The third-order valence-corrected chi connectivity index (χ3v) is 5.08. The summed E-state index contributed by atoms with van der Waals surface area (Å²) >= 11 is 0. The molecule has 0 saturated heterocycles. The second-order valence-corrected chi connectivity index (χ2v) is 6.72. The zero-order valence-electron chi connectivity index (χ0n) is 14.2. The van der Waals surface area contributed by atoms with Crippen LogP contribution in [0.25, 0.3) is 43.4 Å². The van der Waals surface area contributed by atoms with Crippen LogP contribution in [-0.2, 0) is 0 Å². The highest BCUT2D eigenvalue weighted by Gasteiger charge is 2.12. The van der Waals surface area contributed by atoms with Gasteiger partial charge in [0.05, 0.1) is 0 Å². The first-order chi connectivity index (χ1) is 12.3. The van der Waals surface area contributed by atoms with Crippen LogP contribution >= 0.6 is 0 Å². The van der Waals surface area contributed by atoms with Crippen molar-refractivity contribution in [1.29, 1.82) is 0 Å². The molecule has 0 nitrogen and oxygen atoms in total. The predicted molar refractivity (Wildman–Crippen MR) is 109 cm³/mol. The van der Waals surface area contributed by atoms with Gasteiger partial charge in [-0.15, -0.1) is 0 Å². The molecule has 0 atom stereocenters. The lowest BCUT2D eigenvalue weighted by atomic mass is 9.89. The average Bonchev–Trinajstić information content (AvgIpc) is 2.65. The van der Waals surface area contributed by atoms with Gasteiger partial charge in [0.2, 0.25) is 0 Å². The van der Waals surface area contributed by atoms with Crippen molar-refractivity contribution in [3.8, 4) is 11.1 Å². The molecule has 0 heteroatoms. The molecule has 0 amide bonds. The Kier molecular flexibility index (Phi) is 3.11. The Labute approximate surface area is 147 Å². The summed E-state index contributed by atoms with van der Waals surface area (Å²) in [6.45, 7) is 2.16. The topological polar surface area (TPSA) is 0 Å². The second-order valence-electron chi connectivity index (χ2n) is 6.72. The quantitative estimate of drug-likeness (QED) is 0.289.